The molecule has 0 radical (unpaired) electrons. The SMILES string of the molecule is CCC(C)N(CC)c1nnc(-c2oc(CO)cc2C)n1CC. The van der Waals surface area contributed by atoms with Crippen LogP contribution < -0.4 is 4.90 Å². The van der Waals surface area contributed by atoms with Crippen LogP contribution in [0.1, 0.15) is 45.4 Å². The first-order valence-corrected chi connectivity index (χ1v) is 7.97. The van der Waals surface area contributed by atoms with Crippen molar-refractivity contribution in [3.05, 3.63) is 17.4 Å². The zero-order chi connectivity index (χ0) is 16.3. The number of hydrogen-bond donors (Lipinski definition) is 1. The molecular weight excluding hydrogens is 280 g/mol. The van der Waals surface area contributed by atoms with Gasteiger partial charge in [0.1, 0.15) is 12.4 Å². The van der Waals surface area contributed by atoms with Gasteiger partial charge in [-0.05, 0) is 45.7 Å². The molecule has 1 atom stereocenters. The largest absolute Gasteiger partial charge is 0.455 e. The van der Waals surface area contributed by atoms with Gasteiger partial charge in [0, 0.05) is 19.1 Å². The van der Waals surface area contributed by atoms with Crippen molar-refractivity contribution in [2.45, 2.75) is 60.2 Å². The van der Waals surface area contributed by atoms with Gasteiger partial charge in [-0.1, -0.05) is 6.92 Å². The number of aromatic nitrogens is 3. The van der Waals surface area contributed by atoms with Crippen LogP contribution in [-0.4, -0.2) is 32.5 Å². The second kappa shape index (κ2) is 6.96. The molecule has 0 fully saturated rings. The van der Waals surface area contributed by atoms with Gasteiger partial charge in [-0.2, -0.15) is 0 Å². The fourth-order valence-electron chi connectivity index (χ4n) is 2.69. The van der Waals surface area contributed by atoms with Crippen LogP contribution in [-0.2, 0) is 13.2 Å². The summed E-state index contributed by atoms with van der Waals surface area (Å²) in [7, 11) is 0. The quantitative estimate of drug-likeness (QED) is 0.851. The van der Waals surface area contributed by atoms with E-state index in [-0.39, 0.29) is 6.61 Å². The van der Waals surface area contributed by atoms with Crippen molar-refractivity contribution >= 4 is 5.95 Å². The number of nitrogens with zero attached hydrogens (tertiary/aromatic N) is 4. The van der Waals surface area contributed by atoms with Crippen molar-refractivity contribution in [1.82, 2.24) is 14.8 Å². The summed E-state index contributed by atoms with van der Waals surface area (Å²) < 4.78 is 7.79. The fourth-order valence-corrected chi connectivity index (χ4v) is 2.69. The number of furan rings is 1. The van der Waals surface area contributed by atoms with Crippen LogP contribution in [0.25, 0.3) is 11.6 Å². The number of rotatable bonds is 7. The molecule has 0 spiro atoms. The summed E-state index contributed by atoms with van der Waals surface area (Å²) >= 11 is 0. The normalized spacial score (nSPS) is 12.6. The highest BCUT2D eigenvalue weighted by Crippen LogP contribution is 2.29. The Bertz CT molecular complexity index is 618. The first kappa shape index (κ1) is 16.5. The maximum absolute atomic E-state index is 9.24. The van der Waals surface area contributed by atoms with Crippen molar-refractivity contribution in [2.75, 3.05) is 11.4 Å². The molecular formula is C16H26N4O2. The van der Waals surface area contributed by atoms with Gasteiger partial charge in [-0.3, -0.25) is 4.57 Å². The van der Waals surface area contributed by atoms with E-state index in [0.29, 0.717) is 17.6 Å². The van der Waals surface area contributed by atoms with Gasteiger partial charge in [0.25, 0.3) is 0 Å². The lowest BCUT2D eigenvalue weighted by Crippen LogP contribution is -2.34. The van der Waals surface area contributed by atoms with Gasteiger partial charge in [0.15, 0.2) is 5.76 Å². The fraction of sp³-hybridized carbons (Fsp3) is 0.625. The molecule has 0 saturated carbocycles. The summed E-state index contributed by atoms with van der Waals surface area (Å²) in [6.45, 7) is 12.1. The minimum absolute atomic E-state index is 0.109. The molecule has 2 aromatic heterocycles. The standard InChI is InChI=1S/C16H26N4O2/c1-6-12(5)19(7-2)16-18-17-15(20(16)8-3)14-11(4)9-13(10-21)22-14/h9,12,21H,6-8,10H2,1-5H3. The van der Waals surface area contributed by atoms with Crippen molar-refractivity contribution in [1.29, 1.82) is 0 Å². The van der Waals surface area contributed by atoms with E-state index in [9.17, 15) is 5.11 Å². The Labute approximate surface area is 131 Å². The summed E-state index contributed by atoms with van der Waals surface area (Å²) in [4.78, 5) is 2.26. The lowest BCUT2D eigenvalue weighted by Gasteiger charge is -2.28. The van der Waals surface area contributed by atoms with Gasteiger partial charge in [0.05, 0.1) is 0 Å². The first-order valence-electron chi connectivity index (χ1n) is 7.97. The topological polar surface area (TPSA) is 67.3 Å². The number of aliphatic hydroxyl groups excluding tert-OH is 1. The Morgan fingerprint density at radius 1 is 1.32 bits per heavy atom. The molecule has 0 aromatic carbocycles. The molecule has 0 aliphatic rings. The molecule has 0 aliphatic heterocycles. The van der Waals surface area contributed by atoms with Crippen molar-refractivity contribution < 1.29 is 9.52 Å². The second-order valence-corrected chi connectivity index (χ2v) is 5.49. The third-order valence-corrected chi connectivity index (χ3v) is 4.10. The molecule has 1 unspecified atom stereocenters. The molecule has 2 aromatic rings. The summed E-state index contributed by atoms with van der Waals surface area (Å²) in [5.74, 6) is 2.82. The van der Waals surface area contributed by atoms with Crippen LogP contribution in [0, 0.1) is 6.92 Å². The highest BCUT2D eigenvalue weighted by Gasteiger charge is 2.23. The van der Waals surface area contributed by atoms with Crippen LogP contribution in [0.5, 0.6) is 0 Å². The molecule has 6 nitrogen and oxygen atoms in total. The molecule has 6 heteroatoms. The zero-order valence-electron chi connectivity index (χ0n) is 14.1. The molecule has 122 valence electrons. The lowest BCUT2D eigenvalue weighted by molar-refractivity contribution is 0.248. The molecule has 0 saturated heterocycles. The predicted octanol–water partition coefficient (Wildman–Crippen LogP) is 2.98. The van der Waals surface area contributed by atoms with Crippen LogP contribution in [0.3, 0.4) is 0 Å². The minimum atomic E-state index is -0.109. The molecule has 0 bridgehead atoms. The maximum atomic E-state index is 9.24. The highest BCUT2D eigenvalue weighted by atomic mass is 16.4. The second-order valence-electron chi connectivity index (χ2n) is 5.49. The van der Waals surface area contributed by atoms with E-state index in [4.69, 9.17) is 4.42 Å². The Hall–Kier alpha value is -1.82. The van der Waals surface area contributed by atoms with Gasteiger partial charge in [-0.15, -0.1) is 10.2 Å². The Morgan fingerprint density at radius 2 is 2.05 bits per heavy atom. The summed E-state index contributed by atoms with van der Waals surface area (Å²) in [5, 5.41) is 18.0. The minimum Gasteiger partial charge on any atom is -0.455 e. The predicted molar refractivity (Wildman–Crippen MR) is 86.8 cm³/mol. The van der Waals surface area contributed by atoms with Crippen LogP contribution >= 0.6 is 0 Å². The number of hydrogen-bond acceptors (Lipinski definition) is 5. The third kappa shape index (κ3) is 2.88. The van der Waals surface area contributed by atoms with Crippen molar-refractivity contribution in [2.24, 2.45) is 0 Å². The third-order valence-electron chi connectivity index (χ3n) is 4.10. The average Bonchev–Trinajstić information content (AvgIpc) is 3.10. The molecule has 0 aliphatic carbocycles. The molecule has 2 rings (SSSR count). The monoisotopic (exact) mass is 306 g/mol. The lowest BCUT2D eigenvalue weighted by atomic mass is 10.2. The summed E-state index contributed by atoms with van der Waals surface area (Å²) in [5.41, 5.74) is 0.962. The average molecular weight is 306 g/mol. The van der Waals surface area contributed by atoms with Crippen molar-refractivity contribution in [3.8, 4) is 11.6 Å². The maximum Gasteiger partial charge on any atom is 0.227 e. The van der Waals surface area contributed by atoms with E-state index in [2.05, 4.69) is 47.4 Å². The van der Waals surface area contributed by atoms with Gasteiger partial charge in [-0.25, -0.2) is 0 Å². The molecule has 22 heavy (non-hydrogen) atoms. The Balaban J connectivity index is 2.48. The number of aliphatic hydroxyl groups is 1. The van der Waals surface area contributed by atoms with Crippen LogP contribution in [0.2, 0.25) is 0 Å². The van der Waals surface area contributed by atoms with Crippen LogP contribution in [0.4, 0.5) is 5.95 Å². The number of anilines is 1. The molecule has 2 heterocycles. The van der Waals surface area contributed by atoms with E-state index in [1.807, 2.05) is 13.0 Å². The summed E-state index contributed by atoms with van der Waals surface area (Å²) in [6.07, 6.45) is 1.05. The van der Waals surface area contributed by atoms with E-state index >= 15 is 0 Å². The highest BCUT2D eigenvalue weighted by molar-refractivity contribution is 5.56. The Kier molecular flexibility index (Phi) is 5.24. The van der Waals surface area contributed by atoms with E-state index in [0.717, 1.165) is 36.8 Å². The smallest absolute Gasteiger partial charge is 0.227 e. The number of aryl methyl sites for hydroxylation is 1. The first-order chi connectivity index (χ1) is 10.6. The van der Waals surface area contributed by atoms with Gasteiger partial charge >= 0.3 is 0 Å². The van der Waals surface area contributed by atoms with E-state index in [1.54, 1.807) is 0 Å². The van der Waals surface area contributed by atoms with Gasteiger partial charge < -0.3 is 14.4 Å². The van der Waals surface area contributed by atoms with E-state index < -0.39 is 0 Å². The van der Waals surface area contributed by atoms with Crippen molar-refractivity contribution in [3.63, 3.8) is 0 Å². The van der Waals surface area contributed by atoms with Crippen LogP contribution in [0.15, 0.2) is 10.5 Å². The molecule has 1 N–H and O–H groups in total. The summed E-state index contributed by atoms with van der Waals surface area (Å²) in [6, 6.07) is 2.24. The zero-order valence-corrected chi connectivity index (χ0v) is 14.1. The Morgan fingerprint density at radius 3 is 2.55 bits per heavy atom. The van der Waals surface area contributed by atoms with Gasteiger partial charge in [0.2, 0.25) is 11.8 Å². The molecule has 0 amide bonds. The van der Waals surface area contributed by atoms with E-state index in [1.165, 1.54) is 0 Å².